The summed E-state index contributed by atoms with van der Waals surface area (Å²) in [5.74, 6) is 0.0468. The minimum absolute atomic E-state index is 0.0468. The standard InChI is InChI=1S/C10H9F3N6OS/c1-4-3-5(2)15-7(14-4)16-8(20)17-9-19-18-6(21-9)10(11,12)13/h3H,1-2H3,(H2,14,15,16,17,19,20). The van der Waals surface area contributed by atoms with Crippen molar-refractivity contribution in [2.24, 2.45) is 0 Å². The number of nitrogens with zero attached hydrogens (tertiary/aromatic N) is 4. The Hall–Kier alpha value is -2.30. The molecule has 7 nitrogen and oxygen atoms in total. The van der Waals surface area contributed by atoms with Gasteiger partial charge < -0.3 is 0 Å². The van der Waals surface area contributed by atoms with Crippen LogP contribution in [0.4, 0.5) is 29.0 Å². The van der Waals surface area contributed by atoms with Crippen LogP contribution in [0, 0.1) is 13.8 Å². The Bertz CT molecular complexity index is 651. The van der Waals surface area contributed by atoms with Gasteiger partial charge in [-0.15, -0.1) is 10.2 Å². The summed E-state index contributed by atoms with van der Waals surface area (Å²) in [6, 6.07) is 0.911. The number of alkyl halides is 3. The highest BCUT2D eigenvalue weighted by atomic mass is 32.1. The van der Waals surface area contributed by atoms with Crippen LogP contribution in [0.1, 0.15) is 16.4 Å². The van der Waals surface area contributed by atoms with Gasteiger partial charge in [-0.05, 0) is 19.9 Å². The first-order valence-corrected chi connectivity index (χ1v) is 6.36. The zero-order valence-corrected chi connectivity index (χ0v) is 11.6. The van der Waals surface area contributed by atoms with Gasteiger partial charge in [0.05, 0.1) is 0 Å². The third-order valence-electron chi connectivity index (χ3n) is 2.10. The van der Waals surface area contributed by atoms with Crippen LogP contribution >= 0.6 is 11.3 Å². The van der Waals surface area contributed by atoms with Crippen LogP contribution in [0.15, 0.2) is 6.07 Å². The zero-order valence-electron chi connectivity index (χ0n) is 10.8. The number of rotatable bonds is 2. The lowest BCUT2D eigenvalue weighted by Crippen LogP contribution is -2.21. The molecule has 0 unspecified atom stereocenters. The fourth-order valence-corrected chi connectivity index (χ4v) is 2.01. The van der Waals surface area contributed by atoms with Gasteiger partial charge >= 0.3 is 12.2 Å². The number of aromatic nitrogens is 4. The van der Waals surface area contributed by atoms with Crippen molar-refractivity contribution >= 4 is 28.4 Å². The second kappa shape index (κ2) is 5.60. The maximum Gasteiger partial charge on any atom is 0.445 e. The van der Waals surface area contributed by atoms with Crippen LogP contribution in [0.2, 0.25) is 0 Å². The summed E-state index contributed by atoms with van der Waals surface area (Å²) in [5, 5.41) is 9.21. The molecule has 0 saturated heterocycles. The summed E-state index contributed by atoms with van der Waals surface area (Å²) in [4.78, 5) is 19.5. The van der Waals surface area contributed by atoms with Gasteiger partial charge in [0, 0.05) is 11.4 Å². The number of anilines is 2. The van der Waals surface area contributed by atoms with Crippen molar-refractivity contribution in [1.29, 1.82) is 0 Å². The van der Waals surface area contributed by atoms with Crippen LogP contribution < -0.4 is 10.6 Å². The molecule has 2 rings (SSSR count). The van der Waals surface area contributed by atoms with Crippen molar-refractivity contribution in [2.45, 2.75) is 20.0 Å². The SMILES string of the molecule is Cc1cc(C)nc(NC(=O)Nc2nnc(C(F)(F)F)s2)n1. The Morgan fingerprint density at radius 2 is 1.76 bits per heavy atom. The van der Waals surface area contributed by atoms with Gasteiger partial charge in [0.25, 0.3) is 0 Å². The highest BCUT2D eigenvalue weighted by molar-refractivity contribution is 7.15. The van der Waals surface area contributed by atoms with E-state index in [0.717, 1.165) is 0 Å². The van der Waals surface area contributed by atoms with Crippen molar-refractivity contribution in [3.63, 3.8) is 0 Å². The van der Waals surface area contributed by atoms with Crippen molar-refractivity contribution in [3.05, 3.63) is 22.5 Å². The molecule has 0 aliphatic rings. The molecule has 2 aromatic rings. The molecule has 21 heavy (non-hydrogen) atoms. The number of nitrogens with one attached hydrogen (secondary N) is 2. The van der Waals surface area contributed by atoms with Gasteiger partial charge in [-0.3, -0.25) is 10.6 Å². The van der Waals surface area contributed by atoms with E-state index >= 15 is 0 Å². The first-order chi connectivity index (χ1) is 9.74. The van der Waals surface area contributed by atoms with E-state index in [2.05, 4.69) is 30.8 Å². The molecule has 0 bridgehead atoms. The Labute approximate surface area is 120 Å². The topological polar surface area (TPSA) is 92.7 Å². The molecule has 0 spiro atoms. The number of carbonyl (C=O) groups excluding carboxylic acids is 1. The van der Waals surface area contributed by atoms with E-state index in [1.807, 2.05) is 0 Å². The average molecular weight is 318 g/mol. The van der Waals surface area contributed by atoms with Gasteiger partial charge in [-0.25, -0.2) is 14.8 Å². The summed E-state index contributed by atoms with van der Waals surface area (Å²) in [7, 11) is 0. The molecule has 0 atom stereocenters. The number of amides is 2. The third kappa shape index (κ3) is 4.08. The number of carbonyl (C=O) groups is 1. The molecule has 112 valence electrons. The lowest BCUT2D eigenvalue weighted by Gasteiger charge is -2.05. The van der Waals surface area contributed by atoms with Crippen LogP contribution in [-0.2, 0) is 6.18 Å². The maximum atomic E-state index is 12.3. The van der Waals surface area contributed by atoms with Crippen molar-refractivity contribution < 1.29 is 18.0 Å². The molecule has 0 saturated carbocycles. The van der Waals surface area contributed by atoms with Gasteiger partial charge in [0.1, 0.15) is 0 Å². The van der Waals surface area contributed by atoms with Gasteiger partial charge in [0.2, 0.25) is 16.1 Å². The monoisotopic (exact) mass is 318 g/mol. The molecule has 2 amide bonds. The van der Waals surface area contributed by atoms with E-state index in [9.17, 15) is 18.0 Å². The van der Waals surface area contributed by atoms with Crippen LogP contribution in [0.25, 0.3) is 0 Å². The lowest BCUT2D eigenvalue weighted by molar-refractivity contribution is -0.138. The van der Waals surface area contributed by atoms with E-state index in [1.54, 1.807) is 19.9 Å². The summed E-state index contributed by atoms with van der Waals surface area (Å²) in [5.41, 5.74) is 1.29. The minimum atomic E-state index is -4.59. The Morgan fingerprint density at radius 3 is 2.29 bits per heavy atom. The van der Waals surface area contributed by atoms with Crippen molar-refractivity contribution in [2.75, 3.05) is 10.6 Å². The van der Waals surface area contributed by atoms with Crippen LogP contribution in [0.5, 0.6) is 0 Å². The number of hydrogen-bond acceptors (Lipinski definition) is 6. The van der Waals surface area contributed by atoms with Crippen LogP contribution in [0.3, 0.4) is 0 Å². The maximum absolute atomic E-state index is 12.3. The largest absolute Gasteiger partial charge is 0.445 e. The average Bonchev–Trinajstić information content (AvgIpc) is 2.75. The first-order valence-electron chi connectivity index (χ1n) is 5.55. The molecular weight excluding hydrogens is 309 g/mol. The fraction of sp³-hybridized carbons (Fsp3) is 0.300. The quantitative estimate of drug-likeness (QED) is 0.888. The Kier molecular flexibility index (Phi) is 4.02. The third-order valence-corrected chi connectivity index (χ3v) is 2.98. The predicted molar refractivity (Wildman–Crippen MR) is 69.1 cm³/mol. The fourth-order valence-electron chi connectivity index (χ4n) is 1.40. The smallest absolute Gasteiger partial charge is 0.282 e. The highest BCUT2D eigenvalue weighted by Crippen LogP contribution is 2.32. The summed E-state index contributed by atoms with van der Waals surface area (Å²) >= 11 is 0.225. The van der Waals surface area contributed by atoms with E-state index in [4.69, 9.17) is 0 Å². The number of aryl methyl sites for hydroxylation is 2. The summed E-state index contributed by atoms with van der Waals surface area (Å²) < 4.78 is 37.0. The zero-order chi connectivity index (χ0) is 15.6. The Morgan fingerprint density at radius 1 is 1.14 bits per heavy atom. The minimum Gasteiger partial charge on any atom is -0.282 e. The van der Waals surface area contributed by atoms with Crippen molar-refractivity contribution in [1.82, 2.24) is 20.2 Å². The van der Waals surface area contributed by atoms with Gasteiger partial charge in [0.15, 0.2) is 0 Å². The van der Waals surface area contributed by atoms with Gasteiger partial charge in [-0.2, -0.15) is 13.2 Å². The van der Waals surface area contributed by atoms with E-state index in [0.29, 0.717) is 11.4 Å². The summed E-state index contributed by atoms with van der Waals surface area (Å²) in [6.07, 6.45) is -4.59. The second-order valence-corrected chi connectivity index (χ2v) is 4.94. The number of halogens is 3. The molecule has 0 fully saturated rings. The number of hydrogen-bond donors (Lipinski definition) is 2. The van der Waals surface area contributed by atoms with Gasteiger partial charge in [-0.1, -0.05) is 11.3 Å². The second-order valence-electron chi connectivity index (χ2n) is 3.96. The van der Waals surface area contributed by atoms with Crippen molar-refractivity contribution in [3.8, 4) is 0 Å². The molecule has 0 aliphatic heterocycles. The molecular formula is C10H9F3N6OS. The molecule has 11 heteroatoms. The Balaban J connectivity index is 2.03. The molecule has 2 N–H and O–H groups in total. The van der Waals surface area contributed by atoms with Crippen LogP contribution in [-0.4, -0.2) is 26.2 Å². The molecule has 0 radical (unpaired) electrons. The molecule has 2 heterocycles. The normalized spacial score (nSPS) is 11.3. The molecule has 2 aromatic heterocycles. The lowest BCUT2D eigenvalue weighted by atomic mass is 10.4. The number of urea groups is 1. The molecule has 0 aliphatic carbocycles. The van der Waals surface area contributed by atoms with E-state index in [1.165, 1.54) is 0 Å². The highest BCUT2D eigenvalue weighted by Gasteiger charge is 2.35. The van der Waals surface area contributed by atoms with E-state index in [-0.39, 0.29) is 22.4 Å². The summed E-state index contributed by atoms with van der Waals surface area (Å²) in [6.45, 7) is 3.44. The first kappa shape index (κ1) is 15.1. The molecule has 0 aromatic carbocycles. The van der Waals surface area contributed by atoms with E-state index < -0.39 is 17.2 Å². The predicted octanol–water partition coefficient (Wildman–Crippen LogP) is 2.61.